The van der Waals surface area contributed by atoms with E-state index < -0.39 is 5.97 Å². The Morgan fingerprint density at radius 3 is 2.50 bits per heavy atom. The minimum Gasteiger partial charge on any atom is -0.480 e. The lowest BCUT2D eigenvalue weighted by atomic mass is 10.1. The first-order chi connectivity index (χ1) is 8.40. The van der Waals surface area contributed by atoms with Crippen LogP contribution in [0.15, 0.2) is 18.2 Å². The van der Waals surface area contributed by atoms with E-state index in [9.17, 15) is 9.59 Å². The van der Waals surface area contributed by atoms with Crippen molar-refractivity contribution in [3.05, 3.63) is 23.8 Å². The van der Waals surface area contributed by atoms with Gasteiger partial charge in [0.05, 0.1) is 11.8 Å². The third-order valence-electron chi connectivity index (χ3n) is 2.13. The molecule has 2 N–H and O–H groups in total. The Morgan fingerprint density at radius 1 is 1.33 bits per heavy atom. The summed E-state index contributed by atoms with van der Waals surface area (Å²) in [7, 11) is 0. The minimum atomic E-state index is -0.458. The average Bonchev–Trinajstić information content (AvgIpc) is 2.26. The van der Waals surface area contributed by atoms with Gasteiger partial charge in [-0.25, -0.2) is 4.79 Å². The van der Waals surface area contributed by atoms with Crippen molar-refractivity contribution in [1.82, 2.24) is 0 Å². The zero-order valence-corrected chi connectivity index (χ0v) is 10.7. The van der Waals surface area contributed by atoms with E-state index in [4.69, 9.17) is 15.2 Å². The van der Waals surface area contributed by atoms with Crippen molar-refractivity contribution >= 4 is 17.4 Å². The molecule has 0 spiro atoms. The van der Waals surface area contributed by atoms with Crippen LogP contribution in [0.25, 0.3) is 0 Å². The molecule has 0 fully saturated rings. The first kappa shape index (κ1) is 14.0. The molecule has 0 radical (unpaired) electrons. The van der Waals surface area contributed by atoms with Crippen LogP contribution < -0.4 is 10.5 Å². The molecule has 98 valence electrons. The summed E-state index contributed by atoms with van der Waals surface area (Å²) in [6, 6.07) is 4.68. The molecule has 0 atom stereocenters. The number of ketones is 1. The van der Waals surface area contributed by atoms with Crippen LogP contribution in [0.5, 0.6) is 5.75 Å². The number of carbonyl (C=O) groups excluding carboxylic acids is 2. The summed E-state index contributed by atoms with van der Waals surface area (Å²) >= 11 is 0. The van der Waals surface area contributed by atoms with Gasteiger partial charge < -0.3 is 15.2 Å². The van der Waals surface area contributed by atoms with E-state index >= 15 is 0 Å². The molecule has 0 aliphatic rings. The molecular formula is C13H17NO4. The van der Waals surface area contributed by atoms with E-state index in [1.807, 2.05) is 0 Å². The second-order valence-corrected chi connectivity index (χ2v) is 4.14. The Labute approximate surface area is 106 Å². The van der Waals surface area contributed by atoms with Crippen LogP contribution in [0, 0.1) is 0 Å². The zero-order chi connectivity index (χ0) is 13.7. The summed E-state index contributed by atoms with van der Waals surface area (Å²) in [6.07, 6.45) is -0.182. The van der Waals surface area contributed by atoms with Crippen LogP contribution in [0.4, 0.5) is 5.69 Å². The van der Waals surface area contributed by atoms with Crippen LogP contribution in [0.3, 0.4) is 0 Å². The number of benzene rings is 1. The Kier molecular flexibility index (Phi) is 4.71. The number of anilines is 1. The molecule has 0 bridgehead atoms. The molecule has 1 rings (SSSR count). The normalized spacial score (nSPS) is 10.2. The van der Waals surface area contributed by atoms with Crippen LogP contribution in [-0.2, 0) is 9.53 Å². The Morgan fingerprint density at radius 2 is 2.00 bits per heavy atom. The summed E-state index contributed by atoms with van der Waals surface area (Å²) in [5, 5.41) is 0. The number of esters is 1. The highest BCUT2D eigenvalue weighted by Crippen LogP contribution is 2.22. The fourth-order valence-corrected chi connectivity index (χ4v) is 1.33. The van der Waals surface area contributed by atoms with Crippen molar-refractivity contribution in [2.45, 2.75) is 26.9 Å². The number of hydrogen-bond acceptors (Lipinski definition) is 5. The Balaban J connectivity index is 2.63. The fourth-order valence-electron chi connectivity index (χ4n) is 1.33. The number of carbonyl (C=O) groups is 2. The van der Waals surface area contributed by atoms with Crippen LogP contribution >= 0.6 is 0 Å². The van der Waals surface area contributed by atoms with Gasteiger partial charge in [0.1, 0.15) is 5.75 Å². The summed E-state index contributed by atoms with van der Waals surface area (Å²) in [5.41, 5.74) is 6.54. The van der Waals surface area contributed by atoms with Gasteiger partial charge in [-0.15, -0.1) is 0 Å². The van der Waals surface area contributed by atoms with Crippen molar-refractivity contribution in [2.24, 2.45) is 0 Å². The highest BCUT2D eigenvalue weighted by atomic mass is 16.6. The second-order valence-electron chi connectivity index (χ2n) is 4.14. The quantitative estimate of drug-likeness (QED) is 0.490. The number of hydrogen-bond donors (Lipinski definition) is 1. The van der Waals surface area contributed by atoms with Crippen molar-refractivity contribution in [1.29, 1.82) is 0 Å². The predicted molar refractivity (Wildman–Crippen MR) is 67.6 cm³/mol. The highest BCUT2D eigenvalue weighted by molar-refractivity contribution is 5.95. The molecule has 0 saturated heterocycles. The van der Waals surface area contributed by atoms with Crippen LogP contribution in [0.2, 0.25) is 0 Å². The van der Waals surface area contributed by atoms with E-state index in [-0.39, 0.29) is 18.5 Å². The lowest BCUT2D eigenvalue weighted by molar-refractivity contribution is -0.149. The molecule has 1 aromatic rings. The molecule has 1 aromatic carbocycles. The van der Waals surface area contributed by atoms with Gasteiger partial charge in [-0.1, -0.05) is 0 Å². The maximum absolute atomic E-state index is 11.3. The Bertz CT molecular complexity index is 454. The summed E-state index contributed by atoms with van der Waals surface area (Å²) in [6.45, 7) is 4.76. The van der Waals surface area contributed by atoms with Gasteiger partial charge in [0.25, 0.3) is 0 Å². The molecule has 0 amide bonds. The van der Waals surface area contributed by atoms with Crippen molar-refractivity contribution in [2.75, 3.05) is 12.3 Å². The fraction of sp³-hybridized carbons (Fsp3) is 0.385. The van der Waals surface area contributed by atoms with Gasteiger partial charge in [-0.05, 0) is 39.0 Å². The van der Waals surface area contributed by atoms with Gasteiger partial charge in [-0.2, -0.15) is 0 Å². The van der Waals surface area contributed by atoms with E-state index in [0.717, 1.165) is 0 Å². The first-order valence-corrected chi connectivity index (χ1v) is 5.63. The standard InChI is InChI=1S/C13H17NO4/c1-8(2)18-13(16)7-17-12-5-4-10(9(3)15)6-11(12)14/h4-6,8H,7,14H2,1-3H3. The maximum Gasteiger partial charge on any atom is 0.344 e. The number of Topliss-reactive ketones (excluding diaryl/α,β-unsaturated/α-hetero) is 1. The number of nitrogen functional groups attached to an aromatic ring is 1. The Hall–Kier alpha value is -2.04. The lowest BCUT2D eigenvalue weighted by Crippen LogP contribution is -2.19. The van der Waals surface area contributed by atoms with E-state index in [1.165, 1.54) is 13.0 Å². The van der Waals surface area contributed by atoms with Crippen molar-refractivity contribution in [3.8, 4) is 5.75 Å². The molecule has 0 unspecified atom stereocenters. The summed E-state index contributed by atoms with van der Waals surface area (Å²) in [5.74, 6) is -0.173. The molecule has 0 aromatic heterocycles. The minimum absolute atomic E-state index is 0.0764. The summed E-state index contributed by atoms with van der Waals surface area (Å²) in [4.78, 5) is 22.4. The lowest BCUT2D eigenvalue weighted by Gasteiger charge is -2.11. The molecule has 0 aliphatic carbocycles. The number of nitrogens with two attached hydrogens (primary N) is 1. The van der Waals surface area contributed by atoms with Gasteiger partial charge in [0, 0.05) is 5.56 Å². The van der Waals surface area contributed by atoms with Crippen LogP contribution in [0.1, 0.15) is 31.1 Å². The highest BCUT2D eigenvalue weighted by Gasteiger charge is 2.09. The van der Waals surface area contributed by atoms with Gasteiger partial charge in [0.15, 0.2) is 12.4 Å². The molecule has 18 heavy (non-hydrogen) atoms. The maximum atomic E-state index is 11.3. The summed E-state index contributed by atoms with van der Waals surface area (Å²) < 4.78 is 10.1. The number of rotatable bonds is 5. The molecule has 5 heteroatoms. The molecule has 0 aliphatic heterocycles. The first-order valence-electron chi connectivity index (χ1n) is 5.63. The monoisotopic (exact) mass is 251 g/mol. The second kappa shape index (κ2) is 6.05. The average molecular weight is 251 g/mol. The smallest absolute Gasteiger partial charge is 0.344 e. The van der Waals surface area contributed by atoms with Gasteiger partial charge in [-0.3, -0.25) is 4.79 Å². The largest absolute Gasteiger partial charge is 0.480 e. The zero-order valence-electron chi connectivity index (χ0n) is 10.7. The van der Waals surface area contributed by atoms with Gasteiger partial charge in [0.2, 0.25) is 0 Å². The molecule has 5 nitrogen and oxygen atoms in total. The molecule has 0 heterocycles. The predicted octanol–water partition coefficient (Wildman–Crippen LogP) is 1.80. The number of ether oxygens (including phenoxy) is 2. The third kappa shape index (κ3) is 4.08. The van der Waals surface area contributed by atoms with Crippen LogP contribution in [-0.4, -0.2) is 24.5 Å². The third-order valence-corrected chi connectivity index (χ3v) is 2.13. The topological polar surface area (TPSA) is 78.6 Å². The van der Waals surface area contributed by atoms with E-state index in [2.05, 4.69) is 0 Å². The van der Waals surface area contributed by atoms with Crippen molar-refractivity contribution < 1.29 is 19.1 Å². The van der Waals surface area contributed by atoms with E-state index in [1.54, 1.807) is 26.0 Å². The molecule has 0 saturated carbocycles. The SMILES string of the molecule is CC(=O)c1ccc(OCC(=O)OC(C)C)c(N)c1. The van der Waals surface area contributed by atoms with Gasteiger partial charge >= 0.3 is 5.97 Å². The molecular weight excluding hydrogens is 234 g/mol. The van der Waals surface area contributed by atoms with E-state index in [0.29, 0.717) is 17.0 Å². The van der Waals surface area contributed by atoms with Crippen molar-refractivity contribution in [3.63, 3.8) is 0 Å².